The van der Waals surface area contributed by atoms with Gasteiger partial charge in [-0.3, -0.25) is 19.7 Å². The molecular weight excluding hydrogens is 288 g/mol. The van der Waals surface area contributed by atoms with E-state index in [4.69, 9.17) is 0 Å². The average Bonchev–Trinajstić information content (AvgIpc) is 2.57. The maximum absolute atomic E-state index is 11.6. The van der Waals surface area contributed by atoms with Crippen LogP contribution in [0.25, 0.3) is 0 Å². The molecule has 0 aliphatic heterocycles. The smallest absolute Gasteiger partial charge is 0.220 e. The van der Waals surface area contributed by atoms with Crippen molar-refractivity contribution in [1.29, 1.82) is 0 Å². The maximum Gasteiger partial charge on any atom is 0.220 e. The first-order valence-electron chi connectivity index (χ1n) is 8.07. The third kappa shape index (κ3) is 6.57. The standard InChI is InChI=1S/C18H24N4O/c1-2-7-18(23)21-12-13-22(14-16-8-3-5-10-19-16)15-17-9-4-6-11-20-17/h3-6,8-11H,2,7,12-15H2,1H3,(H,21,23). The van der Waals surface area contributed by atoms with Crippen molar-refractivity contribution in [2.75, 3.05) is 13.1 Å². The van der Waals surface area contributed by atoms with Gasteiger partial charge in [-0.25, -0.2) is 0 Å². The van der Waals surface area contributed by atoms with Gasteiger partial charge in [-0.15, -0.1) is 0 Å². The van der Waals surface area contributed by atoms with Crippen LogP contribution in [0, 0.1) is 0 Å². The highest BCUT2D eigenvalue weighted by atomic mass is 16.1. The summed E-state index contributed by atoms with van der Waals surface area (Å²) >= 11 is 0. The molecule has 2 aromatic heterocycles. The van der Waals surface area contributed by atoms with Crippen molar-refractivity contribution >= 4 is 5.91 Å². The largest absolute Gasteiger partial charge is 0.355 e. The Bertz CT molecular complexity index is 533. The van der Waals surface area contributed by atoms with Crippen LogP contribution in [0.3, 0.4) is 0 Å². The molecule has 2 rings (SSSR count). The predicted molar refractivity (Wildman–Crippen MR) is 90.5 cm³/mol. The Kier molecular flexibility index (Phi) is 7.20. The summed E-state index contributed by atoms with van der Waals surface area (Å²) < 4.78 is 0. The van der Waals surface area contributed by atoms with E-state index >= 15 is 0 Å². The van der Waals surface area contributed by atoms with E-state index in [0.717, 1.165) is 37.4 Å². The minimum atomic E-state index is 0.114. The second-order valence-electron chi connectivity index (χ2n) is 5.45. The molecule has 0 radical (unpaired) electrons. The van der Waals surface area contributed by atoms with Crippen LogP contribution < -0.4 is 5.32 Å². The number of rotatable bonds is 9. The van der Waals surface area contributed by atoms with Gasteiger partial charge < -0.3 is 5.32 Å². The van der Waals surface area contributed by atoms with Crippen LogP contribution in [0.15, 0.2) is 48.8 Å². The molecule has 5 nitrogen and oxygen atoms in total. The van der Waals surface area contributed by atoms with Crippen LogP contribution in [0.5, 0.6) is 0 Å². The minimum Gasteiger partial charge on any atom is -0.355 e. The Morgan fingerprint density at radius 2 is 1.65 bits per heavy atom. The van der Waals surface area contributed by atoms with E-state index in [1.807, 2.05) is 43.3 Å². The fourth-order valence-corrected chi connectivity index (χ4v) is 2.32. The van der Waals surface area contributed by atoms with Gasteiger partial charge in [0, 0.05) is 45.0 Å². The summed E-state index contributed by atoms with van der Waals surface area (Å²) in [5.41, 5.74) is 2.03. The number of carbonyl (C=O) groups is 1. The van der Waals surface area contributed by atoms with Crippen molar-refractivity contribution in [3.63, 3.8) is 0 Å². The van der Waals surface area contributed by atoms with Gasteiger partial charge in [-0.1, -0.05) is 19.1 Å². The summed E-state index contributed by atoms with van der Waals surface area (Å²) in [5, 5.41) is 2.96. The van der Waals surface area contributed by atoms with Gasteiger partial charge in [0.2, 0.25) is 5.91 Å². The molecule has 1 amide bonds. The Morgan fingerprint density at radius 1 is 1.04 bits per heavy atom. The fourth-order valence-electron chi connectivity index (χ4n) is 2.32. The molecule has 122 valence electrons. The summed E-state index contributed by atoms with van der Waals surface area (Å²) in [6, 6.07) is 11.8. The molecule has 0 spiro atoms. The lowest BCUT2D eigenvalue weighted by molar-refractivity contribution is -0.121. The van der Waals surface area contributed by atoms with Crippen LogP contribution in [-0.4, -0.2) is 33.9 Å². The molecule has 0 atom stereocenters. The Hall–Kier alpha value is -2.27. The van der Waals surface area contributed by atoms with Gasteiger partial charge in [0.1, 0.15) is 0 Å². The molecule has 0 aliphatic carbocycles. The Balaban J connectivity index is 1.92. The highest BCUT2D eigenvalue weighted by Gasteiger charge is 2.09. The molecule has 0 bridgehead atoms. The zero-order chi connectivity index (χ0) is 16.3. The molecule has 2 aromatic rings. The second kappa shape index (κ2) is 9.69. The van der Waals surface area contributed by atoms with E-state index in [2.05, 4.69) is 20.2 Å². The molecule has 0 aromatic carbocycles. The lowest BCUT2D eigenvalue weighted by Crippen LogP contribution is -2.34. The molecule has 0 aliphatic rings. The summed E-state index contributed by atoms with van der Waals surface area (Å²) in [4.78, 5) is 22.6. The maximum atomic E-state index is 11.6. The molecule has 0 unspecified atom stereocenters. The normalized spacial score (nSPS) is 10.7. The van der Waals surface area contributed by atoms with Crippen LogP contribution in [-0.2, 0) is 17.9 Å². The van der Waals surface area contributed by atoms with Crippen LogP contribution in [0.4, 0.5) is 0 Å². The van der Waals surface area contributed by atoms with Crippen molar-refractivity contribution in [2.24, 2.45) is 0 Å². The summed E-state index contributed by atoms with van der Waals surface area (Å²) in [5.74, 6) is 0.114. The summed E-state index contributed by atoms with van der Waals surface area (Å²) in [6.07, 6.45) is 5.06. The first-order valence-corrected chi connectivity index (χ1v) is 8.07. The number of amides is 1. The number of hydrogen-bond donors (Lipinski definition) is 1. The topological polar surface area (TPSA) is 58.1 Å². The number of nitrogens with zero attached hydrogens (tertiary/aromatic N) is 3. The molecule has 0 saturated heterocycles. The molecule has 0 fully saturated rings. The second-order valence-corrected chi connectivity index (χ2v) is 5.45. The minimum absolute atomic E-state index is 0.114. The zero-order valence-corrected chi connectivity index (χ0v) is 13.6. The van der Waals surface area contributed by atoms with Gasteiger partial charge in [-0.05, 0) is 30.7 Å². The lowest BCUT2D eigenvalue weighted by atomic mass is 10.2. The van der Waals surface area contributed by atoms with E-state index < -0.39 is 0 Å². The molecule has 1 N–H and O–H groups in total. The van der Waals surface area contributed by atoms with Crippen LogP contribution in [0.1, 0.15) is 31.2 Å². The van der Waals surface area contributed by atoms with Crippen molar-refractivity contribution in [3.05, 3.63) is 60.2 Å². The first kappa shape index (κ1) is 17.1. The summed E-state index contributed by atoms with van der Waals surface area (Å²) in [6.45, 7) is 4.89. The van der Waals surface area contributed by atoms with Crippen molar-refractivity contribution in [1.82, 2.24) is 20.2 Å². The highest BCUT2D eigenvalue weighted by Crippen LogP contribution is 2.06. The van der Waals surface area contributed by atoms with Crippen LogP contribution in [0.2, 0.25) is 0 Å². The Morgan fingerprint density at radius 3 is 2.13 bits per heavy atom. The quantitative estimate of drug-likeness (QED) is 0.772. The number of aromatic nitrogens is 2. The van der Waals surface area contributed by atoms with Gasteiger partial charge in [-0.2, -0.15) is 0 Å². The fraction of sp³-hybridized carbons (Fsp3) is 0.389. The van der Waals surface area contributed by atoms with E-state index in [1.165, 1.54) is 0 Å². The lowest BCUT2D eigenvalue weighted by Gasteiger charge is -2.21. The van der Waals surface area contributed by atoms with E-state index in [9.17, 15) is 4.79 Å². The van der Waals surface area contributed by atoms with E-state index in [1.54, 1.807) is 12.4 Å². The monoisotopic (exact) mass is 312 g/mol. The van der Waals surface area contributed by atoms with Gasteiger partial charge in [0.25, 0.3) is 0 Å². The Labute approximate surface area is 137 Å². The third-order valence-corrected chi connectivity index (χ3v) is 3.45. The molecule has 0 saturated carbocycles. The summed E-state index contributed by atoms with van der Waals surface area (Å²) in [7, 11) is 0. The van der Waals surface area contributed by atoms with Gasteiger partial charge in [0.15, 0.2) is 0 Å². The highest BCUT2D eigenvalue weighted by molar-refractivity contribution is 5.75. The third-order valence-electron chi connectivity index (χ3n) is 3.45. The van der Waals surface area contributed by atoms with Crippen molar-refractivity contribution < 1.29 is 4.79 Å². The molecule has 2 heterocycles. The van der Waals surface area contributed by atoms with E-state index in [-0.39, 0.29) is 5.91 Å². The average molecular weight is 312 g/mol. The number of pyridine rings is 2. The predicted octanol–water partition coefficient (Wildman–Crippen LogP) is 2.40. The van der Waals surface area contributed by atoms with Crippen LogP contribution >= 0.6 is 0 Å². The SMILES string of the molecule is CCCC(=O)NCCN(Cc1ccccn1)Cc1ccccn1. The number of hydrogen-bond acceptors (Lipinski definition) is 4. The van der Waals surface area contributed by atoms with Gasteiger partial charge >= 0.3 is 0 Å². The number of carbonyl (C=O) groups excluding carboxylic acids is 1. The molecule has 5 heteroatoms. The molecule has 23 heavy (non-hydrogen) atoms. The van der Waals surface area contributed by atoms with Gasteiger partial charge in [0.05, 0.1) is 11.4 Å². The zero-order valence-electron chi connectivity index (χ0n) is 13.6. The first-order chi connectivity index (χ1) is 11.3. The van der Waals surface area contributed by atoms with Crippen molar-refractivity contribution in [3.8, 4) is 0 Å². The van der Waals surface area contributed by atoms with E-state index in [0.29, 0.717) is 13.0 Å². The number of nitrogens with one attached hydrogen (secondary N) is 1. The molecular formula is C18H24N4O. The van der Waals surface area contributed by atoms with Crippen molar-refractivity contribution in [2.45, 2.75) is 32.9 Å².